The summed E-state index contributed by atoms with van der Waals surface area (Å²) in [5.41, 5.74) is 0. The van der Waals surface area contributed by atoms with Crippen LogP contribution in [0.15, 0.2) is 5.16 Å². The van der Waals surface area contributed by atoms with E-state index in [0.717, 1.165) is 30.8 Å². The maximum absolute atomic E-state index is 11.8. The molecule has 0 aliphatic heterocycles. The number of nitrogens with zero attached hydrogens (tertiary/aromatic N) is 4. The monoisotopic (exact) mass is 282 g/mol. The smallest absolute Gasteiger partial charge is 0.319 e. The van der Waals surface area contributed by atoms with Gasteiger partial charge in [0.1, 0.15) is 5.25 Å². The summed E-state index contributed by atoms with van der Waals surface area (Å²) >= 11 is 1.46. The van der Waals surface area contributed by atoms with Gasteiger partial charge in [0.2, 0.25) is 5.16 Å². The first-order valence-electron chi connectivity index (χ1n) is 6.82. The fourth-order valence-electron chi connectivity index (χ4n) is 2.61. The van der Waals surface area contributed by atoms with Crippen molar-refractivity contribution < 1.29 is 9.53 Å². The summed E-state index contributed by atoms with van der Waals surface area (Å²) in [4.78, 5) is 11.8. The molecule has 2 saturated carbocycles. The van der Waals surface area contributed by atoms with Gasteiger partial charge in [-0.1, -0.05) is 24.6 Å². The number of rotatable bonds is 5. The Hall–Kier alpha value is -1.11. The normalized spacial score (nSPS) is 21.5. The molecule has 19 heavy (non-hydrogen) atoms. The van der Waals surface area contributed by atoms with E-state index in [1.807, 2.05) is 4.68 Å². The van der Waals surface area contributed by atoms with Crippen LogP contribution < -0.4 is 0 Å². The number of aromatic nitrogens is 4. The highest BCUT2D eigenvalue weighted by Crippen LogP contribution is 2.42. The highest BCUT2D eigenvalue weighted by Gasteiger charge is 2.39. The van der Waals surface area contributed by atoms with Crippen molar-refractivity contribution >= 4 is 17.7 Å². The molecule has 1 atom stereocenters. The Balaban J connectivity index is 1.74. The Morgan fingerprint density at radius 3 is 2.74 bits per heavy atom. The third kappa shape index (κ3) is 2.75. The molecule has 0 amide bonds. The van der Waals surface area contributed by atoms with Crippen LogP contribution in [0, 0.1) is 5.92 Å². The first-order chi connectivity index (χ1) is 9.29. The van der Waals surface area contributed by atoms with E-state index in [-0.39, 0.29) is 11.2 Å². The van der Waals surface area contributed by atoms with Crippen molar-refractivity contribution in [2.45, 2.75) is 55.0 Å². The number of hydrogen-bond donors (Lipinski definition) is 0. The fourth-order valence-corrected chi connectivity index (χ4v) is 3.87. The van der Waals surface area contributed by atoms with Crippen LogP contribution in [-0.2, 0) is 9.53 Å². The number of methoxy groups -OCH3 is 1. The summed E-state index contributed by atoms with van der Waals surface area (Å²) in [7, 11) is 1.44. The van der Waals surface area contributed by atoms with E-state index < -0.39 is 0 Å². The highest BCUT2D eigenvalue weighted by atomic mass is 32.2. The van der Waals surface area contributed by atoms with Gasteiger partial charge in [0.25, 0.3) is 0 Å². The standard InChI is InChI=1S/C12H18N4O2S/c1-18-11(17)10(8-6-7-8)19-12-13-14-15-16(12)9-4-2-3-5-9/h8-10H,2-7H2,1H3. The van der Waals surface area contributed by atoms with E-state index in [4.69, 9.17) is 4.74 Å². The minimum absolute atomic E-state index is 0.156. The molecule has 0 radical (unpaired) electrons. The van der Waals surface area contributed by atoms with Crippen molar-refractivity contribution in [2.24, 2.45) is 5.92 Å². The second-order valence-corrected chi connectivity index (χ2v) is 6.35. The predicted molar refractivity (Wildman–Crippen MR) is 69.7 cm³/mol. The molecule has 0 aromatic carbocycles. The van der Waals surface area contributed by atoms with Crippen LogP contribution in [0.2, 0.25) is 0 Å². The maximum atomic E-state index is 11.8. The number of tetrazole rings is 1. The molecular weight excluding hydrogens is 264 g/mol. The molecule has 2 fully saturated rings. The zero-order chi connectivity index (χ0) is 13.2. The molecule has 0 bridgehead atoms. The molecule has 1 aromatic rings. The molecule has 6 nitrogen and oxygen atoms in total. The van der Waals surface area contributed by atoms with Crippen LogP contribution in [0.1, 0.15) is 44.6 Å². The van der Waals surface area contributed by atoms with E-state index in [1.54, 1.807) is 0 Å². The lowest BCUT2D eigenvalue weighted by atomic mass is 10.3. The number of thioether (sulfide) groups is 1. The van der Waals surface area contributed by atoms with Gasteiger partial charge in [-0.3, -0.25) is 4.79 Å². The van der Waals surface area contributed by atoms with Gasteiger partial charge in [0.15, 0.2) is 0 Å². The molecule has 3 rings (SSSR count). The van der Waals surface area contributed by atoms with E-state index in [9.17, 15) is 4.79 Å². The van der Waals surface area contributed by atoms with Crippen molar-refractivity contribution in [3.63, 3.8) is 0 Å². The lowest BCUT2D eigenvalue weighted by molar-refractivity contribution is -0.140. The van der Waals surface area contributed by atoms with Gasteiger partial charge >= 0.3 is 5.97 Å². The molecule has 1 unspecified atom stereocenters. The second kappa shape index (κ2) is 5.48. The number of hydrogen-bond acceptors (Lipinski definition) is 6. The molecule has 1 aromatic heterocycles. The maximum Gasteiger partial charge on any atom is 0.319 e. The Morgan fingerprint density at radius 1 is 1.37 bits per heavy atom. The zero-order valence-electron chi connectivity index (χ0n) is 11.0. The Kier molecular flexibility index (Phi) is 3.72. The lowest BCUT2D eigenvalue weighted by Crippen LogP contribution is -2.22. The van der Waals surface area contributed by atoms with Crippen molar-refractivity contribution in [3.8, 4) is 0 Å². The number of carbonyl (C=O) groups is 1. The van der Waals surface area contributed by atoms with E-state index in [1.165, 1.54) is 31.7 Å². The third-order valence-corrected chi connectivity index (χ3v) is 5.16. The third-order valence-electron chi connectivity index (χ3n) is 3.85. The molecule has 0 N–H and O–H groups in total. The van der Waals surface area contributed by atoms with Crippen LogP contribution in [0.4, 0.5) is 0 Å². The molecule has 2 aliphatic rings. The Bertz CT molecular complexity index is 454. The average Bonchev–Trinajstić information content (AvgIpc) is 2.93. The van der Waals surface area contributed by atoms with Crippen molar-refractivity contribution in [1.29, 1.82) is 0 Å². The Morgan fingerprint density at radius 2 is 2.11 bits per heavy atom. The largest absolute Gasteiger partial charge is 0.468 e. The van der Waals surface area contributed by atoms with Gasteiger partial charge < -0.3 is 4.74 Å². The van der Waals surface area contributed by atoms with Crippen molar-refractivity contribution in [2.75, 3.05) is 7.11 Å². The lowest BCUT2D eigenvalue weighted by Gasteiger charge is -2.15. The van der Waals surface area contributed by atoms with Crippen LogP contribution in [-0.4, -0.2) is 38.5 Å². The summed E-state index contributed by atoms with van der Waals surface area (Å²) in [6, 6.07) is 0.398. The van der Waals surface area contributed by atoms with Crippen LogP contribution >= 0.6 is 11.8 Å². The van der Waals surface area contributed by atoms with Crippen LogP contribution in [0.3, 0.4) is 0 Å². The molecule has 7 heteroatoms. The Labute approximate surface area is 116 Å². The predicted octanol–water partition coefficient (Wildman–Crippen LogP) is 1.83. The molecular formula is C12H18N4O2S. The van der Waals surface area contributed by atoms with Gasteiger partial charge in [-0.2, -0.15) is 0 Å². The summed E-state index contributed by atoms with van der Waals surface area (Å²) in [5, 5.41) is 12.6. The molecule has 0 spiro atoms. The van der Waals surface area contributed by atoms with Crippen LogP contribution in [0.5, 0.6) is 0 Å². The summed E-state index contributed by atoms with van der Waals surface area (Å²) < 4.78 is 6.79. The molecule has 1 heterocycles. The van der Waals surface area contributed by atoms with E-state index >= 15 is 0 Å². The first-order valence-corrected chi connectivity index (χ1v) is 7.70. The zero-order valence-corrected chi connectivity index (χ0v) is 11.8. The van der Waals surface area contributed by atoms with Gasteiger partial charge in [-0.25, -0.2) is 4.68 Å². The van der Waals surface area contributed by atoms with Crippen molar-refractivity contribution in [1.82, 2.24) is 20.2 Å². The molecule has 2 aliphatic carbocycles. The van der Waals surface area contributed by atoms with E-state index in [0.29, 0.717) is 12.0 Å². The van der Waals surface area contributed by atoms with Gasteiger partial charge in [0.05, 0.1) is 13.2 Å². The van der Waals surface area contributed by atoms with Gasteiger partial charge in [-0.05, 0) is 42.0 Å². The molecule has 0 saturated heterocycles. The highest BCUT2D eigenvalue weighted by molar-refractivity contribution is 8.00. The van der Waals surface area contributed by atoms with Crippen molar-refractivity contribution in [3.05, 3.63) is 0 Å². The molecule has 104 valence electrons. The van der Waals surface area contributed by atoms with Crippen LogP contribution in [0.25, 0.3) is 0 Å². The van der Waals surface area contributed by atoms with Gasteiger partial charge in [0, 0.05) is 0 Å². The average molecular weight is 282 g/mol. The second-order valence-electron chi connectivity index (χ2n) is 5.24. The quantitative estimate of drug-likeness (QED) is 0.606. The minimum atomic E-state index is -0.159. The minimum Gasteiger partial charge on any atom is -0.468 e. The topological polar surface area (TPSA) is 69.9 Å². The summed E-state index contributed by atoms with van der Waals surface area (Å²) in [6.45, 7) is 0. The number of esters is 1. The number of carbonyl (C=O) groups excluding carboxylic acids is 1. The van der Waals surface area contributed by atoms with Gasteiger partial charge in [-0.15, -0.1) is 5.10 Å². The fraction of sp³-hybridized carbons (Fsp3) is 0.833. The summed E-state index contributed by atoms with van der Waals surface area (Å²) in [6.07, 6.45) is 6.92. The SMILES string of the molecule is COC(=O)C(Sc1nnnn1C1CCCC1)C1CC1. The first kappa shape index (κ1) is 12.9. The van der Waals surface area contributed by atoms with E-state index in [2.05, 4.69) is 15.5 Å². The number of ether oxygens (including phenoxy) is 1. The summed E-state index contributed by atoms with van der Waals surface area (Å²) in [5.74, 6) is 0.264.